The first-order valence-electron chi connectivity index (χ1n) is 47.0. The lowest BCUT2D eigenvalue weighted by atomic mass is 10.1. The Morgan fingerprint density at radius 3 is 0.928 bits per heavy atom. The number of likely N-dealkylation sites (N-methyl/N-ethyl adjacent to an activating group) is 3. The van der Waals surface area contributed by atoms with Crippen molar-refractivity contribution in [2.24, 2.45) is 0 Å². The van der Waals surface area contributed by atoms with E-state index in [9.17, 15) is 64.8 Å². The lowest BCUT2D eigenvalue weighted by Crippen LogP contribution is -2.43. The van der Waals surface area contributed by atoms with E-state index in [1.54, 1.807) is 112 Å². The van der Waals surface area contributed by atoms with E-state index in [-0.39, 0.29) is 56.1 Å². The minimum atomic E-state index is -2.86. The third-order valence-electron chi connectivity index (χ3n) is 16.9. The number of sulfonamides is 2. The maximum Gasteiger partial charge on any atom is 0.409 e. The van der Waals surface area contributed by atoms with Crippen LogP contribution in [-0.4, -0.2) is 373 Å². The molecular formula is C90H199N13O19S3. The third kappa shape index (κ3) is 88.4. The predicted molar refractivity (Wildman–Crippen MR) is 526 cm³/mol. The second kappa shape index (κ2) is 109. The van der Waals surface area contributed by atoms with Crippen LogP contribution in [0.4, 0.5) is 19.2 Å². The van der Waals surface area contributed by atoms with E-state index < -0.39 is 20.0 Å². The van der Waals surface area contributed by atoms with E-state index in [0.717, 1.165) is 174 Å². The maximum atomic E-state index is 11.1. The van der Waals surface area contributed by atoms with Crippen LogP contribution < -0.4 is 5.32 Å². The smallest absolute Gasteiger partial charge is 0.409 e. The Bertz CT molecular complexity index is 2450. The topological polar surface area (TPSA) is 336 Å². The number of thioether (sulfide) groups is 1. The number of urea groups is 1. The molecule has 12 aliphatic rings. The zero-order valence-electron chi connectivity index (χ0n) is 86.3. The van der Waals surface area contributed by atoms with Crippen molar-refractivity contribution < 1.29 is 88.5 Å². The van der Waals surface area contributed by atoms with Gasteiger partial charge in [0.25, 0.3) is 0 Å². The van der Waals surface area contributed by atoms with Gasteiger partial charge >= 0.3 is 24.3 Å². The number of carbonyl (C=O) groups is 10. The number of morpholine rings is 1. The monoisotopic (exact) mass is 1860 g/mol. The van der Waals surface area contributed by atoms with E-state index >= 15 is 0 Å². The highest BCUT2D eigenvalue weighted by Crippen LogP contribution is 2.14. The van der Waals surface area contributed by atoms with Crippen LogP contribution >= 0.6 is 11.8 Å². The average molecular weight is 1860 g/mol. The van der Waals surface area contributed by atoms with Crippen LogP contribution in [0.15, 0.2) is 0 Å². The number of hydrogen-bond acceptors (Lipinski definition) is 20. The molecule has 12 saturated heterocycles. The van der Waals surface area contributed by atoms with Gasteiger partial charge in [-0.3, -0.25) is 28.8 Å². The van der Waals surface area contributed by atoms with Gasteiger partial charge in [0.1, 0.15) is 13.2 Å². The fourth-order valence-electron chi connectivity index (χ4n) is 9.51. The first-order valence-corrected chi connectivity index (χ1v) is 51.4. The summed E-state index contributed by atoms with van der Waals surface area (Å²) in [4.78, 5) is 123. The Kier molecular flexibility index (Phi) is 128. The fraction of sp³-hybridized carbons (Fsp3) is 0.889. The minimum absolute atomic E-state index is 0. The molecule has 32 nitrogen and oxygen atoms in total. The van der Waals surface area contributed by atoms with Gasteiger partial charge in [0.2, 0.25) is 55.5 Å². The second-order valence-electron chi connectivity index (χ2n) is 25.4. The van der Waals surface area contributed by atoms with Crippen LogP contribution in [0, 0.1) is 0 Å². The highest BCUT2D eigenvalue weighted by molar-refractivity contribution is 8.00. The number of nitrogens with one attached hydrogen (secondary N) is 1. The Morgan fingerprint density at radius 1 is 0.264 bits per heavy atom. The summed E-state index contributed by atoms with van der Waals surface area (Å²) in [6.07, 6.45) is 17.8. The Morgan fingerprint density at radius 2 is 0.568 bits per heavy atom. The quantitative estimate of drug-likeness (QED) is 0.220. The molecule has 12 heterocycles. The molecule has 0 bridgehead atoms. The third-order valence-corrected chi connectivity index (χ3v) is 21.7. The number of likely N-dealkylation sites (tertiary alicyclic amines) is 3. The molecule has 0 radical (unpaired) electrons. The standard InChI is InChI=1S/C7H13NO.C6H13NO2S.2C6H11NO2.C6H11NO.C5H10N2O.C5H11NO2S.2C5H9NO2.C5H9NOS.C5H9NO.C4H7NO2.12C2H6.CH4/c1-8-6-4-2-3-5-7(8)9;1-7-5-3-2-4-6-10(7,8)9;1-7-3-5-9-4-2-6(7)8;1-7-4-2-3-5-9-6(7)8;1-7-5-3-2-4-6(7)8;1-7-4-2-3-6-5(7)8;1-6-4-2-3-5-9(6,7)8;1-6-2-3-8-4-5(6)7;1-6-3-2-4-8-5(6)7;1-6-2-3-8-4-5(6)7;1-6-4-2-3-5(6)7;1-5-2-3-7-4(5)6;12*1-2;/h2-6H2,1H3;2-6H2,1H3;2*2-5H2,1H3;2-5H2,1H3;2-4H2,1H3,(H,6,8);2-5H2,1H3;3*2-4H2,1H3;2-4H2,1H3;2-3H2,1H3;12*1-2H3;1H4. The molecule has 0 aromatic carbocycles. The molecule has 125 heavy (non-hydrogen) atoms. The molecule has 0 unspecified atom stereocenters. The number of carbonyl (C=O) groups excluding carboxylic acids is 10. The van der Waals surface area contributed by atoms with E-state index in [2.05, 4.69) is 14.8 Å². The zero-order valence-corrected chi connectivity index (χ0v) is 88.7. The minimum Gasteiger partial charge on any atom is -0.449 e. The summed E-state index contributed by atoms with van der Waals surface area (Å²) in [6.45, 7) is 62.7. The molecule has 12 rings (SSSR count). The molecule has 11 amide bonds. The van der Waals surface area contributed by atoms with E-state index in [0.29, 0.717) is 94.1 Å². The number of piperidine rings is 1. The SMILES string of the molecule is C.CC.CC.CC.CC.CC.CC.CC.CC.CC.CC.CC.CC.CN1CCCC1=O.CN1CCCCC1=O.CN1CCCCCC1=O.CN1CCCCCS1(=O)=O.CN1CCCCOC1=O.CN1CCCCS1(=O)=O.CN1CCCNC1=O.CN1CCCOC1=O.CN1CCOC1=O.CN1CCOCC1=O.CN1CCOCCC1=O.CN1CCSCC1=O. The highest BCUT2D eigenvalue weighted by atomic mass is 32.2. The van der Waals surface area contributed by atoms with Crippen molar-refractivity contribution in [3.63, 3.8) is 0 Å². The number of amides is 11. The fourth-order valence-corrected chi connectivity index (χ4v) is 13.0. The van der Waals surface area contributed by atoms with Crippen LogP contribution in [0.1, 0.15) is 296 Å². The molecular weight excluding hydrogens is 1660 g/mol. The molecule has 35 heteroatoms. The number of rotatable bonds is 0. The lowest BCUT2D eigenvalue weighted by Gasteiger charge is -2.22. The first kappa shape index (κ1) is 147. The van der Waals surface area contributed by atoms with Gasteiger partial charge in [-0.2, -0.15) is 11.8 Å². The van der Waals surface area contributed by atoms with Crippen LogP contribution in [-0.2, 0) is 72.5 Å². The number of hydrogen-bond donors (Lipinski definition) is 1. The number of nitrogens with zero attached hydrogens (tertiary/aromatic N) is 12. The van der Waals surface area contributed by atoms with Gasteiger partial charge in [-0.15, -0.1) is 0 Å². The van der Waals surface area contributed by atoms with Gasteiger partial charge in [0.15, 0.2) is 0 Å². The summed E-state index contributed by atoms with van der Waals surface area (Å²) in [6, 6.07) is 0.0521. The summed E-state index contributed by atoms with van der Waals surface area (Å²) in [5.41, 5.74) is 0. The molecule has 1 N–H and O–H groups in total. The predicted octanol–water partition coefficient (Wildman–Crippen LogP) is 16.2. The lowest BCUT2D eigenvalue weighted by molar-refractivity contribution is -0.140. The molecule has 0 aromatic heterocycles. The summed E-state index contributed by atoms with van der Waals surface area (Å²) >= 11 is 1.72. The van der Waals surface area contributed by atoms with Gasteiger partial charge in [-0.1, -0.05) is 186 Å². The zero-order chi connectivity index (χ0) is 99.1. The van der Waals surface area contributed by atoms with Crippen LogP contribution in [0.2, 0.25) is 0 Å². The van der Waals surface area contributed by atoms with E-state index in [4.69, 9.17) is 14.2 Å². The maximum absolute atomic E-state index is 11.1. The second-order valence-corrected chi connectivity index (χ2v) is 30.9. The van der Waals surface area contributed by atoms with E-state index in [1.807, 2.05) is 199 Å². The summed E-state index contributed by atoms with van der Waals surface area (Å²) in [5.74, 6) is 3.89. The van der Waals surface area contributed by atoms with Crippen LogP contribution in [0.3, 0.4) is 0 Å². The Balaban J connectivity index is -0.0000000973. The summed E-state index contributed by atoms with van der Waals surface area (Å²) < 4.78 is 70.9. The van der Waals surface area contributed by atoms with E-state index in [1.165, 1.54) is 27.9 Å². The van der Waals surface area contributed by atoms with Crippen molar-refractivity contribution in [2.75, 3.05) is 239 Å². The number of ether oxygens (including phenoxy) is 5. The van der Waals surface area contributed by atoms with Crippen molar-refractivity contribution in [1.82, 2.24) is 62.9 Å². The molecule has 0 spiro atoms. The molecule has 12 aliphatic heterocycles. The average Bonchev–Trinajstić information content (AvgIpc) is 1.66. The number of cyclic esters (lactones) is 3. The molecule has 0 aliphatic carbocycles. The molecule has 756 valence electrons. The van der Waals surface area contributed by atoms with Crippen LogP contribution in [0.25, 0.3) is 0 Å². The van der Waals surface area contributed by atoms with Gasteiger partial charge in [0.05, 0.1) is 63.3 Å². The van der Waals surface area contributed by atoms with Crippen molar-refractivity contribution in [2.45, 2.75) is 296 Å². The molecule has 0 aromatic rings. The van der Waals surface area contributed by atoms with Crippen molar-refractivity contribution in [3.05, 3.63) is 0 Å². The Labute approximate surface area is 773 Å². The van der Waals surface area contributed by atoms with Crippen molar-refractivity contribution >= 4 is 91.6 Å². The largest absolute Gasteiger partial charge is 0.449 e. The normalized spacial score (nSPS) is 18.6. The summed E-state index contributed by atoms with van der Waals surface area (Å²) in [5, 5.41) is 2.72. The first-order chi connectivity index (χ1) is 59.3. The summed E-state index contributed by atoms with van der Waals surface area (Å²) in [7, 11) is 15.6. The van der Waals surface area contributed by atoms with Gasteiger partial charge in [0, 0.05) is 188 Å². The van der Waals surface area contributed by atoms with Gasteiger partial charge < -0.3 is 78.0 Å². The Hall–Kier alpha value is -6.01. The van der Waals surface area contributed by atoms with Gasteiger partial charge in [-0.05, 0) is 83.5 Å². The van der Waals surface area contributed by atoms with Crippen LogP contribution in [0.5, 0.6) is 0 Å². The van der Waals surface area contributed by atoms with Crippen molar-refractivity contribution in [3.8, 4) is 0 Å². The molecule has 12 fully saturated rings. The molecule has 0 saturated carbocycles. The highest BCUT2D eigenvalue weighted by Gasteiger charge is 2.23. The molecule has 0 atom stereocenters. The van der Waals surface area contributed by atoms with Gasteiger partial charge in [-0.25, -0.2) is 44.6 Å². The van der Waals surface area contributed by atoms with Crippen molar-refractivity contribution in [1.29, 1.82) is 0 Å².